The third-order valence-corrected chi connectivity index (χ3v) is 4.33. The van der Waals surface area contributed by atoms with Crippen LogP contribution < -0.4 is 0 Å². The molecule has 0 bridgehead atoms. The highest BCUT2D eigenvalue weighted by atomic mass is 35.5. The quantitative estimate of drug-likeness (QED) is 0.712. The standard InChI is InChI=1S/C14H10ClFN2S/c15-11-5-12-13(18-8-17-12)6-14(11)19-7-9-1-3-10(16)4-2-9/h1-6,8H,7H2,(H,17,18). The molecule has 1 N–H and O–H groups in total. The molecular formula is C14H10ClFN2S. The second kappa shape index (κ2) is 5.23. The number of thioether (sulfide) groups is 1. The summed E-state index contributed by atoms with van der Waals surface area (Å²) in [4.78, 5) is 8.21. The zero-order valence-electron chi connectivity index (χ0n) is 9.86. The Bertz CT molecular complexity index is 709. The summed E-state index contributed by atoms with van der Waals surface area (Å²) in [5, 5.41) is 0.698. The van der Waals surface area contributed by atoms with Gasteiger partial charge in [0, 0.05) is 10.6 Å². The normalized spacial score (nSPS) is 11.1. The third kappa shape index (κ3) is 2.74. The van der Waals surface area contributed by atoms with Gasteiger partial charge in [0.05, 0.1) is 22.4 Å². The first-order chi connectivity index (χ1) is 9.22. The highest BCUT2D eigenvalue weighted by Crippen LogP contribution is 2.32. The lowest BCUT2D eigenvalue weighted by atomic mass is 10.2. The van der Waals surface area contributed by atoms with Gasteiger partial charge in [0.1, 0.15) is 5.82 Å². The van der Waals surface area contributed by atoms with Crippen molar-refractivity contribution < 1.29 is 4.39 Å². The van der Waals surface area contributed by atoms with E-state index >= 15 is 0 Å². The van der Waals surface area contributed by atoms with Crippen LogP contribution in [0, 0.1) is 5.82 Å². The molecule has 3 rings (SSSR count). The van der Waals surface area contributed by atoms with Crippen LogP contribution >= 0.6 is 23.4 Å². The van der Waals surface area contributed by atoms with Crippen molar-refractivity contribution in [1.82, 2.24) is 9.97 Å². The molecule has 0 aliphatic carbocycles. The van der Waals surface area contributed by atoms with Gasteiger partial charge in [-0.15, -0.1) is 11.8 Å². The molecule has 0 saturated heterocycles. The Morgan fingerprint density at radius 2 is 2.00 bits per heavy atom. The molecule has 2 nitrogen and oxygen atoms in total. The van der Waals surface area contributed by atoms with Gasteiger partial charge < -0.3 is 4.98 Å². The van der Waals surface area contributed by atoms with Crippen molar-refractivity contribution in [3.8, 4) is 0 Å². The molecular weight excluding hydrogens is 283 g/mol. The Morgan fingerprint density at radius 3 is 2.79 bits per heavy atom. The molecule has 1 heterocycles. The average molecular weight is 293 g/mol. The zero-order chi connectivity index (χ0) is 13.2. The Labute approximate surface area is 119 Å². The van der Waals surface area contributed by atoms with Crippen LogP contribution in [0.3, 0.4) is 0 Å². The minimum Gasteiger partial charge on any atom is -0.345 e. The third-order valence-electron chi connectivity index (χ3n) is 2.78. The lowest BCUT2D eigenvalue weighted by molar-refractivity contribution is 0.627. The zero-order valence-corrected chi connectivity index (χ0v) is 11.4. The van der Waals surface area contributed by atoms with E-state index in [9.17, 15) is 4.39 Å². The number of H-pyrrole nitrogens is 1. The first-order valence-electron chi connectivity index (χ1n) is 5.72. The summed E-state index contributed by atoms with van der Waals surface area (Å²) in [5.74, 6) is 0.528. The van der Waals surface area contributed by atoms with Crippen molar-refractivity contribution in [2.45, 2.75) is 10.6 Å². The largest absolute Gasteiger partial charge is 0.345 e. The van der Waals surface area contributed by atoms with E-state index in [4.69, 9.17) is 11.6 Å². The van der Waals surface area contributed by atoms with Gasteiger partial charge in [0.2, 0.25) is 0 Å². The van der Waals surface area contributed by atoms with E-state index in [1.807, 2.05) is 12.1 Å². The summed E-state index contributed by atoms with van der Waals surface area (Å²) in [5.41, 5.74) is 2.88. The number of aromatic amines is 1. The fourth-order valence-electron chi connectivity index (χ4n) is 1.79. The number of fused-ring (bicyclic) bond motifs is 1. The maximum absolute atomic E-state index is 12.8. The highest BCUT2D eigenvalue weighted by molar-refractivity contribution is 7.98. The van der Waals surface area contributed by atoms with Crippen molar-refractivity contribution in [1.29, 1.82) is 0 Å². The van der Waals surface area contributed by atoms with Gasteiger partial charge >= 0.3 is 0 Å². The van der Waals surface area contributed by atoms with Crippen molar-refractivity contribution in [2.24, 2.45) is 0 Å². The molecule has 0 aliphatic rings. The fraction of sp³-hybridized carbons (Fsp3) is 0.0714. The highest BCUT2D eigenvalue weighted by Gasteiger charge is 2.06. The Hall–Kier alpha value is -1.52. The maximum atomic E-state index is 12.8. The molecule has 0 unspecified atom stereocenters. The van der Waals surface area contributed by atoms with E-state index in [1.165, 1.54) is 12.1 Å². The molecule has 0 aliphatic heterocycles. The number of rotatable bonds is 3. The molecule has 0 radical (unpaired) electrons. The summed E-state index contributed by atoms with van der Waals surface area (Å²) in [6.45, 7) is 0. The lowest BCUT2D eigenvalue weighted by Crippen LogP contribution is -1.83. The molecule has 5 heteroatoms. The van der Waals surface area contributed by atoms with Gasteiger partial charge in [-0.25, -0.2) is 9.37 Å². The number of halogens is 2. The summed E-state index contributed by atoms with van der Waals surface area (Å²) in [6, 6.07) is 10.3. The van der Waals surface area contributed by atoms with E-state index in [-0.39, 0.29) is 5.82 Å². The SMILES string of the molecule is Fc1ccc(CSc2cc3nc[nH]c3cc2Cl)cc1. The van der Waals surface area contributed by atoms with Gasteiger partial charge in [0.25, 0.3) is 0 Å². The minimum atomic E-state index is -0.218. The summed E-state index contributed by atoms with van der Waals surface area (Å²) in [6.07, 6.45) is 1.65. The summed E-state index contributed by atoms with van der Waals surface area (Å²) < 4.78 is 12.8. The molecule has 19 heavy (non-hydrogen) atoms. The van der Waals surface area contributed by atoms with Crippen LogP contribution in [0.4, 0.5) is 4.39 Å². The lowest BCUT2D eigenvalue weighted by Gasteiger charge is -2.04. The van der Waals surface area contributed by atoms with Crippen LogP contribution in [0.15, 0.2) is 47.6 Å². The monoisotopic (exact) mass is 292 g/mol. The maximum Gasteiger partial charge on any atom is 0.123 e. The molecule has 0 spiro atoms. The van der Waals surface area contributed by atoms with E-state index in [0.29, 0.717) is 5.02 Å². The molecule has 0 atom stereocenters. The molecule has 3 aromatic rings. The summed E-state index contributed by atoms with van der Waals surface area (Å²) in [7, 11) is 0. The topological polar surface area (TPSA) is 28.7 Å². The van der Waals surface area contributed by atoms with E-state index < -0.39 is 0 Å². The number of imidazole rings is 1. The van der Waals surface area contributed by atoms with Crippen LogP contribution in [0.1, 0.15) is 5.56 Å². The average Bonchev–Trinajstić information content (AvgIpc) is 2.85. The van der Waals surface area contributed by atoms with Gasteiger partial charge in [-0.3, -0.25) is 0 Å². The summed E-state index contributed by atoms with van der Waals surface area (Å²) >= 11 is 7.84. The predicted molar refractivity (Wildman–Crippen MR) is 77.1 cm³/mol. The minimum absolute atomic E-state index is 0.218. The number of nitrogens with one attached hydrogen (secondary N) is 1. The second-order valence-corrected chi connectivity index (χ2v) is 5.54. The molecule has 1 aromatic heterocycles. The Kier molecular flexibility index (Phi) is 3.44. The molecule has 0 amide bonds. The van der Waals surface area contributed by atoms with Gasteiger partial charge in [-0.05, 0) is 29.8 Å². The van der Waals surface area contributed by atoms with E-state index in [1.54, 1.807) is 30.2 Å². The van der Waals surface area contributed by atoms with E-state index in [0.717, 1.165) is 27.2 Å². The van der Waals surface area contributed by atoms with Gasteiger partial charge in [-0.2, -0.15) is 0 Å². The smallest absolute Gasteiger partial charge is 0.123 e. The van der Waals surface area contributed by atoms with Gasteiger partial charge in [-0.1, -0.05) is 23.7 Å². The number of hydrogen-bond acceptors (Lipinski definition) is 2. The van der Waals surface area contributed by atoms with Crippen LogP contribution in [0.5, 0.6) is 0 Å². The number of aromatic nitrogens is 2. The fourth-order valence-corrected chi connectivity index (χ4v) is 3.02. The Morgan fingerprint density at radius 1 is 1.21 bits per heavy atom. The molecule has 2 aromatic carbocycles. The van der Waals surface area contributed by atoms with E-state index in [2.05, 4.69) is 9.97 Å². The van der Waals surface area contributed by atoms with Crippen LogP contribution in [0.2, 0.25) is 5.02 Å². The molecule has 0 saturated carbocycles. The number of nitrogens with zero attached hydrogens (tertiary/aromatic N) is 1. The number of hydrogen-bond donors (Lipinski definition) is 1. The van der Waals surface area contributed by atoms with Crippen LogP contribution in [-0.4, -0.2) is 9.97 Å². The van der Waals surface area contributed by atoms with Crippen molar-refractivity contribution in [2.75, 3.05) is 0 Å². The van der Waals surface area contributed by atoms with Crippen molar-refractivity contribution in [3.05, 3.63) is 59.1 Å². The molecule has 0 fully saturated rings. The molecule has 96 valence electrons. The van der Waals surface area contributed by atoms with Crippen molar-refractivity contribution in [3.63, 3.8) is 0 Å². The van der Waals surface area contributed by atoms with Gasteiger partial charge in [0.15, 0.2) is 0 Å². The van der Waals surface area contributed by atoms with Crippen LogP contribution in [-0.2, 0) is 5.75 Å². The second-order valence-electron chi connectivity index (χ2n) is 4.12. The Balaban J connectivity index is 1.80. The van der Waals surface area contributed by atoms with Crippen molar-refractivity contribution >= 4 is 34.4 Å². The first kappa shape index (κ1) is 12.5. The number of benzene rings is 2. The van der Waals surface area contributed by atoms with Crippen LogP contribution in [0.25, 0.3) is 11.0 Å². The predicted octanol–water partition coefficient (Wildman–Crippen LogP) is 4.65. The first-order valence-corrected chi connectivity index (χ1v) is 7.08.